The van der Waals surface area contributed by atoms with Crippen LogP contribution in [0, 0.1) is 0 Å². The SMILES string of the molecule is c1nc(NCCN2CCOCC2)cc(NC2CC2)n1. The molecule has 2 fully saturated rings. The zero-order valence-electron chi connectivity index (χ0n) is 11.1. The molecule has 0 bridgehead atoms. The smallest absolute Gasteiger partial charge is 0.131 e. The lowest BCUT2D eigenvalue weighted by atomic mass is 10.4. The van der Waals surface area contributed by atoms with E-state index in [4.69, 9.17) is 4.74 Å². The van der Waals surface area contributed by atoms with Gasteiger partial charge in [0.05, 0.1) is 13.2 Å². The second-order valence-electron chi connectivity index (χ2n) is 5.09. The van der Waals surface area contributed by atoms with Gasteiger partial charge in [0.15, 0.2) is 0 Å². The van der Waals surface area contributed by atoms with Gasteiger partial charge in [-0.15, -0.1) is 0 Å². The first-order chi connectivity index (χ1) is 9.40. The van der Waals surface area contributed by atoms with Crippen LogP contribution in [0.15, 0.2) is 12.4 Å². The van der Waals surface area contributed by atoms with Gasteiger partial charge < -0.3 is 15.4 Å². The fraction of sp³-hybridized carbons (Fsp3) is 0.692. The summed E-state index contributed by atoms with van der Waals surface area (Å²) in [5.41, 5.74) is 0. The summed E-state index contributed by atoms with van der Waals surface area (Å²) in [6, 6.07) is 2.61. The molecule has 0 spiro atoms. The fourth-order valence-electron chi connectivity index (χ4n) is 2.14. The maximum Gasteiger partial charge on any atom is 0.131 e. The van der Waals surface area contributed by atoms with Crippen LogP contribution in [0.2, 0.25) is 0 Å². The maximum atomic E-state index is 5.33. The summed E-state index contributed by atoms with van der Waals surface area (Å²) in [4.78, 5) is 10.9. The molecule has 6 nitrogen and oxygen atoms in total. The zero-order valence-corrected chi connectivity index (χ0v) is 11.1. The van der Waals surface area contributed by atoms with Crippen molar-refractivity contribution in [2.75, 3.05) is 50.0 Å². The molecule has 2 heterocycles. The Labute approximate surface area is 113 Å². The lowest BCUT2D eigenvalue weighted by molar-refractivity contribution is 0.0398. The third-order valence-corrected chi connectivity index (χ3v) is 3.43. The summed E-state index contributed by atoms with van der Waals surface area (Å²) >= 11 is 0. The van der Waals surface area contributed by atoms with Crippen LogP contribution in [0.25, 0.3) is 0 Å². The predicted molar refractivity (Wildman–Crippen MR) is 74.4 cm³/mol. The molecule has 0 aromatic carbocycles. The Bertz CT molecular complexity index is 404. The van der Waals surface area contributed by atoms with Crippen molar-refractivity contribution in [2.24, 2.45) is 0 Å². The topological polar surface area (TPSA) is 62.3 Å². The molecule has 0 radical (unpaired) electrons. The quantitative estimate of drug-likeness (QED) is 0.791. The highest BCUT2D eigenvalue weighted by molar-refractivity contribution is 5.47. The normalized spacial score (nSPS) is 20.2. The van der Waals surface area contributed by atoms with Gasteiger partial charge >= 0.3 is 0 Å². The summed E-state index contributed by atoms with van der Waals surface area (Å²) in [5, 5.41) is 6.73. The molecular weight excluding hydrogens is 242 g/mol. The van der Waals surface area contributed by atoms with E-state index in [-0.39, 0.29) is 0 Å². The molecule has 1 aliphatic heterocycles. The van der Waals surface area contributed by atoms with Gasteiger partial charge in [0.25, 0.3) is 0 Å². The van der Waals surface area contributed by atoms with Crippen molar-refractivity contribution in [2.45, 2.75) is 18.9 Å². The first kappa shape index (κ1) is 12.6. The van der Waals surface area contributed by atoms with Gasteiger partial charge in [0, 0.05) is 38.3 Å². The molecule has 1 saturated carbocycles. The highest BCUT2D eigenvalue weighted by Gasteiger charge is 2.21. The van der Waals surface area contributed by atoms with Gasteiger partial charge in [0.2, 0.25) is 0 Å². The van der Waals surface area contributed by atoms with Crippen molar-refractivity contribution in [3.05, 3.63) is 12.4 Å². The molecule has 6 heteroatoms. The van der Waals surface area contributed by atoms with E-state index in [9.17, 15) is 0 Å². The number of hydrogen-bond donors (Lipinski definition) is 2. The minimum atomic E-state index is 0.621. The van der Waals surface area contributed by atoms with E-state index in [1.165, 1.54) is 12.8 Å². The summed E-state index contributed by atoms with van der Waals surface area (Å²) in [6.45, 7) is 5.68. The largest absolute Gasteiger partial charge is 0.379 e. The van der Waals surface area contributed by atoms with Crippen LogP contribution >= 0.6 is 0 Å². The number of aromatic nitrogens is 2. The average molecular weight is 263 g/mol. The molecule has 1 aromatic heterocycles. The van der Waals surface area contributed by atoms with Crippen molar-refractivity contribution >= 4 is 11.6 Å². The number of nitrogens with one attached hydrogen (secondary N) is 2. The number of anilines is 2. The van der Waals surface area contributed by atoms with E-state index in [0.717, 1.165) is 51.0 Å². The Kier molecular flexibility index (Phi) is 4.10. The van der Waals surface area contributed by atoms with Gasteiger partial charge in [-0.2, -0.15) is 0 Å². The number of hydrogen-bond acceptors (Lipinski definition) is 6. The summed E-state index contributed by atoms with van der Waals surface area (Å²) in [7, 11) is 0. The monoisotopic (exact) mass is 263 g/mol. The second kappa shape index (κ2) is 6.16. The minimum Gasteiger partial charge on any atom is -0.379 e. The third-order valence-electron chi connectivity index (χ3n) is 3.43. The van der Waals surface area contributed by atoms with Crippen molar-refractivity contribution in [1.29, 1.82) is 0 Å². The molecule has 19 heavy (non-hydrogen) atoms. The summed E-state index contributed by atoms with van der Waals surface area (Å²) < 4.78 is 5.33. The Morgan fingerprint density at radius 2 is 2.00 bits per heavy atom. The highest BCUT2D eigenvalue weighted by atomic mass is 16.5. The average Bonchev–Trinajstić information content (AvgIpc) is 3.24. The molecule has 0 unspecified atom stereocenters. The van der Waals surface area contributed by atoms with Gasteiger partial charge in [-0.25, -0.2) is 9.97 Å². The van der Waals surface area contributed by atoms with E-state index in [1.54, 1.807) is 6.33 Å². The molecule has 104 valence electrons. The molecule has 2 aliphatic rings. The number of rotatable bonds is 6. The molecule has 1 aliphatic carbocycles. The van der Waals surface area contributed by atoms with Gasteiger partial charge in [-0.3, -0.25) is 4.90 Å². The summed E-state index contributed by atoms with van der Waals surface area (Å²) in [5.74, 6) is 1.82. The molecule has 0 atom stereocenters. The van der Waals surface area contributed by atoms with E-state index in [2.05, 4.69) is 25.5 Å². The molecule has 1 aromatic rings. The standard InChI is InChI=1S/C13H21N5O/c1-2-11(1)17-13-9-12(15-10-16-13)14-3-4-18-5-7-19-8-6-18/h9-11H,1-8H2,(H2,14,15,16,17). The Morgan fingerprint density at radius 3 is 2.79 bits per heavy atom. The van der Waals surface area contributed by atoms with Crippen molar-refractivity contribution < 1.29 is 4.74 Å². The Morgan fingerprint density at radius 1 is 1.21 bits per heavy atom. The van der Waals surface area contributed by atoms with Crippen molar-refractivity contribution in [3.8, 4) is 0 Å². The lowest BCUT2D eigenvalue weighted by Crippen LogP contribution is -2.39. The van der Waals surface area contributed by atoms with Crippen LogP contribution in [-0.4, -0.2) is 60.3 Å². The van der Waals surface area contributed by atoms with Crippen LogP contribution in [-0.2, 0) is 4.74 Å². The van der Waals surface area contributed by atoms with E-state index >= 15 is 0 Å². The lowest BCUT2D eigenvalue weighted by Gasteiger charge is -2.26. The van der Waals surface area contributed by atoms with Crippen LogP contribution in [0.3, 0.4) is 0 Å². The Hall–Kier alpha value is -1.40. The van der Waals surface area contributed by atoms with E-state index in [1.807, 2.05) is 6.07 Å². The van der Waals surface area contributed by atoms with Gasteiger partial charge in [-0.05, 0) is 12.8 Å². The molecule has 1 saturated heterocycles. The Balaban J connectivity index is 1.43. The van der Waals surface area contributed by atoms with Crippen LogP contribution < -0.4 is 10.6 Å². The molecular formula is C13H21N5O. The zero-order chi connectivity index (χ0) is 12.9. The minimum absolute atomic E-state index is 0.621. The number of nitrogens with zero attached hydrogens (tertiary/aromatic N) is 3. The summed E-state index contributed by atoms with van der Waals surface area (Å²) in [6.07, 6.45) is 4.12. The van der Waals surface area contributed by atoms with Crippen LogP contribution in [0.4, 0.5) is 11.6 Å². The van der Waals surface area contributed by atoms with Gasteiger partial charge in [-0.1, -0.05) is 0 Å². The van der Waals surface area contributed by atoms with E-state index in [0.29, 0.717) is 6.04 Å². The first-order valence-electron chi connectivity index (χ1n) is 7.03. The van der Waals surface area contributed by atoms with E-state index < -0.39 is 0 Å². The van der Waals surface area contributed by atoms with Crippen molar-refractivity contribution in [3.63, 3.8) is 0 Å². The molecule has 0 amide bonds. The highest BCUT2D eigenvalue weighted by Crippen LogP contribution is 2.23. The van der Waals surface area contributed by atoms with Crippen molar-refractivity contribution in [1.82, 2.24) is 14.9 Å². The number of ether oxygens (including phenoxy) is 1. The third kappa shape index (κ3) is 4.04. The fourth-order valence-corrected chi connectivity index (χ4v) is 2.14. The molecule has 3 rings (SSSR count). The van der Waals surface area contributed by atoms with Gasteiger partial charge in [0.1, 0.15) is 18.0 Å². The predicted octanol–water partition coefficient (Wildman–Crippen LogP) is 0.795. The van der Waals surface area contributed by atoms with Crippen LogP contribution in [0.5, 0.6) is 0 Å². The molecule has 2 N–H and O–H groups in total. The maximum absolute atomic E-state index is 5.33. The second-order valence-corrected chi connectivity index (χ2v) is 5.09. The number of morpholine rings is 1. The first-order valence-corrected chi connectivity index (χ1v) is 7.03. The van der Waals surface area contributed by atoms with Crippen LogP contribution in [0.1, 0.15) is 12.8 Å².